The summed E-state index contributed by atoms with van der Waals surface area (Å²) < 4.78 is 0. The average Bonchev–Trinajstić information content (AvgIpc) is 2.33. The van der Waals surface area contributed by atoms with Crippen LogP contribution in [0.25, 0.3) is 0 Å². The monoisotopic (exact) mass is 156 g/mol. The molecule has 1 heterocycles. The Labute approximate surface area is 69.8 Å². The Balaban J connectivity index is 2.23. The van der Waals surface area contributed by atoms with Gasteiger partial charge in [-0.1, -0.05) is 13.8 Å². The summed E-state index contributed by atoms with van der Waals surface area (Å²) in [4.78, 5) is 0. The topological polar surface area (TPSA) is 24.1 Å². The molecule has 1 saturated heterocycles. The molecule has 1 aliphatic rings. The Morgan fingerprint density at radius 3 is 2.73 bits per heavy atom. The minimum Gasteiger partial charge on any atom is -0.315 e. The lowest BCUT2D eigenvalue weighted by molar-refractivity contribution is 0.363. The molecule has 1 atom stereocenters. The molecule has 11 heavy (non-hydrogen) atoms. The molecule has 1 rings (SSSR count). The highest BCUT2D eigenvalue weighted by Gasteiger charge is 2.27. The summed E-state index contributed by atoms with van der Waals surface area (Å²) in [7, 11) is 0. The van der Waals surface area contributed by atoms with Crippen LogP contribution in [0, 0.1) is 5.92 Å². The molecule has 0 radical (unpaired) electrons. The number of hydrogen-bond acceptors (Lipinski definition) is 2. The standard InChI is InChI=1S/C9H20N2/c1-8(2)6-11-9(3)4-5-10-7-9/h8,10-11H,4-7H2,1-3H3. The van der Waals surface area contributed by atoms with Crippen molar-refractivity contribution in [2.75, 3.05) is 19.6 Å². The molecule has 0 spiro atoms. The van der Waals surface area contributed by atoms with Crippen molar-refractivity contribution < 1.29 is 0 Å². The highest BCUT2D eigenvalue weighted by Crippen LogP contribution is 2.13. The van der Waals surface area contributed by atoms with Gasteiger partial charge < -0.3 is 10.6 Å². The van der Waals surface area contributed by atoms with E-state index in [4.69, 9.17) is 0 Å². The van der Waals surface area contributed by atoms with E-state index >= 15 is 0 Å². The Morgan fingerprint density at radius 1 is 1.55 bits per heavy atom. The van der Waals surface area contributed by atoms with Crippen molar-refractivity contribution in [1.29, 1.82) is 0 Å². The zero-order valence-corrected chi connectivity index (χ0v) is 7.91. The van der Waals surface area contributed by atoms with Gasteiger partial charge in [0.25, 0.3) is 0 Å². The van der Waals surface area contributed by atoms with Gasteiger partial charge in [-0.3, -0.25) is 0 Å². The minimum atomic E-state index is 0.365. The summed E-state index contributed by atoms with van der Waals surface area (Å²) in [5, 5.41) is 6.97. The lowest BCUT2D eigenvalue weighted by atomic mass is 10.0. The lowest BCUT2D eigenvalue weighted by Gasteiger charge is -2.25. The maximum Gasteiger partial charge on any atom is 0.0290 e. The van der Waals surface area contributed by atoms with Crippen LogP contribution in [0.5, 0.6) is 0 Å². The van der Waals surface area contributed by atoms with Crippen LogP contribution in [0.15, 0.2) is 0 Å². The van der Waals surface area contributed by atoms with Gasteiger partial charge in [0.2, 0.25) is 0 Å². The molecule has 0 aromatic rings. The molecule has 0 amide bonds. The van der Waals surface area contributed by atoms with Crippen molar-refractivity contribution in [1.82, 2.24) is 10.6 Å². The molecule has 2 nitrogen and oxygen atoms in total. The number of rotatable bonds is 3. The maximum absolute atomic E-state index is 3.59. The van der Waals surface area contributed by atoms with Crippen molar-refractivity contribution in [2.24, 2.45) is 5.92 Å². The van der Waals surface area contributed by atoms with Gasteiger partial charge in [0.15, 0.2) is 0 Å². The fraction of sp³-hybridized carbons (Fsp3) is 1.00. The highest BCUT2D eigenvalue weighted by molar-refractivity contribution is 4.91. The molecule has 0 saturated carbocycles. The summed E-state index contributed by atoms with van der Waals surface area (Å²) in [5.74, 6) is 0.757. The van der Waals surface area contributed by atoms with E-state index in [0.29, 0.717) is 5.54 Å². The van der Waals surface area contributed by atoms with Gasteiger partial charge in [-0.15, -0.1) is 0 Å². The molecule has 0 aliphatic carbocycles. The third-order valence-electron chi connectivity index (χ3n) is 2.31. The summed E-state index contributed by atoms with van der Waals surface area (Å²) in [5.41, 5.74) is 0.365. The zero-order chi connectivity index (χ0) is 8.32. The Kier molecular flexibility index (Phi) is 2.90. The van der Waals surface area contributed by atoms with E-state index in [1.165, 1.54) is 13.0 Å². The van der Waals surface area contributed by atoms with Crippen molar-refractivity contribution in [2.45, 2.75) is 32.7 Å². The van der Waals surface area contributed by atoms with Crippen molar-refractivity contribution in [3.63, 3.8) is 0 Å². The molecule has 2 heteroatoms. The number of nitrogens with one attached hydrogen (secondary N) is 2. The first-order valence-electron chi connectivity index (χ1n) is 4.58. The van der Waals surface area contributed by atoms with Gasteiger partial charge >= 0.3 is 0 Å². The van der Waals surface area contributed by atoms with Crippen molar-refractivity contribution in [3.8, 4) is 0 Å². The second-order valence-corrected chi connectivity index (χ2v) is 4.26. The van der Waals surface area contributed by atoms with E-state index in [0.717, 1.165) is 19.0 Å². The van der Waals surface area contributed by atoms with Gasteiger partial charge in [0, 0.05) is 12.1 Å². The van der Waals surface area contributed by atoms with Crippen LogP contribution in [0.4, 0.5) is 0 Å². The molecule has 1 unspecified atom stereocenters. The van der Waals surface area contributed by atoms with Crippen molar-refractivity contribution >= 4 is 0 Å². The van der Waals surface area contributed by atoms with Crippen LogP contribution in [-0.4, -0.2) is 25.2 Å². The van der Waals surface area contributed by atoms with Crippen LogP contribution >= 0.6 is 0 Å². The van der Waals surface area contributed by atoms with Gasteiger partial charge in [-0.05, 0) is 32.4 Å². The summed E-state index contributed by atoms with van der Waals surface area (Å²) in [6, 6.07) is 0. The molecule has 0 bridgehead atoms. The smallest absolute Gasteiger partial charge is 0.0290 e. The van der Waals surface area contributed by atoms with Gasteiger partial charge in [0.1, 0.15) is 0 Å². The second kappa shape index (κ2) is 3.55. The third-order valence-corrected chi connectivity index (χ3v) is 2.31. The molecule has 1 aliphatic heterocycles. The molecular formula is C9H20N2. The molecule has 1 fully saturated rings. The fourth-order valence-corrected chi connectivity index (χ4v) is 1.42. The van der Waals surface area contributed by atoms with Crippen LogP contribution in [0.3, 0.4) is 0 Å². The minimum absolute atomic E-state index is 0.365. The largest absolute Gasteiger partial charge is 0.315 e. The first-order valence-corrected chi connectivity index (χ1v) is 4.58. The van der Waals surface area contributed by atoms with Crippen LogP contribution in [-0.2, 0) is 0 Å². The van der Waals surface area contributed by atoms with E-state index in [9.17, 15) is 0 Å². The number of hydrogen-bond donors (Lipinski definition) is 2. The average molecular weight is 156 g/mol. The molecule has 0 aromatic heterocycles. The van der Waals surface area contributed by atoms with Gasteiger partial charge in [-0.2, -0.15) is 0 Å². The Morgan fingerprint density at radius 2 is 2.27 bits per heavy atom. The van der Waals surface area contributed by atoms with Crippen molar-refractivity contribution in [3.05, 3.63) is 0 Å². The lowest BCUT2D eigenvalue weighted by Crippen LogP contribution is -2.45. The van der Waals surface area contributed by atoms with E-state index in [-0.39, 0.29) is 0 Å². The fourth-order valence-electron chi connectivity index (χ4n) is 1.42. The quantitative estimate of drug-likeness (QED) is 0.636. The van der Waals surface area contributed by atoms with Gasteiger partial charge in [0.05, 0.1) is 0 Å². The molecule has 66 valence electrons. The van der Waals surface area contributed by atoms with Crippen LogP contribution < -0.4 is 10.6 Å². The van der Waals surface area contributed by atoms with Crippen LogP contribution in [0.2, 0.25) is 0 Å². The first-order chi connectivity index (χ1) is 5.12. The van der Waals surface area contributed by atoms with E-state index in [1.54, 1.807) is 0 Å². The maximum atomic E-state index is 3.59. The van der Waals surface area contributed by atoms with E-state index in [1.807, 2.05) is 0 Å². The summed E-state index contributed by atoms with van der Waals surface area (Å²) in [6.45, 7) is 10.2. The van der Waals surface area contributed by atoms with Gasteiger partial charge in [-0.25, -0.2) is 0 Å². The van der Waals surface area contributed by atoms with E-state index < -0.39 is 0 Å². The summed E-state index contributed by atoms with van der Waals surface area (Å²) >= 11 is 0. The highest BCUT2D eigenvalue weighted by atomic mass is 15.1. The second-order valence-electron chi connectivity index (χ2n) is 4.26. The predicted molar refractivity (Wildman–Crippen MR) is 48.7 cm³/mol. The third kappa shape index (κ3) is 2.80. The van der Waals surface area contributed by atoms with Crippen LogP contribution in [0.1, 0.15) is 27.2 Å². The molecule has 0 aromatic carbocycles. The van der Waals surface area contributed by atoms with E-state index in [2.05, 4.69) is 31.4 Å². The molecular weight excluding hydrogens is 136 g/mol. The SMILES string of the molecule is CC(C)CNC1(C)CCNC1. The zero-order valence-electron chi connectivity index (χ0n) is 7.91. The normalized spacial score (nSPS) is 31.6. The Hall–Kier alpha value is -0.0800. The summed E-state index contributed by atoms with van der Waals surface area (Å²) in [6.07, 6.45) is 1.26. The Bertz CT molecular complexity index is 115. The first kappa shape index (κ1) is 9.01. The molecule has 2 N–H and O–H groups in total. The predicted octanol–water partition coefficient (Wildman–Crippen LogP) is 0.984.